The molecule has 4 heteroatoms. The van der Waals surface area contributed by atoms with E-state index in [-0.39, 0.29) is 18.1 Å². The molecule has 1 aliphatic rings. The minimum absolute atomic E-state index is 0.156. The molecule has 0 atom stereocenters. The van der Waals surface area contributed by atoms with Crippen LogP contribution in [0.5, 0.6) is 0 Å². The minimum atomic E-state index is -0.165. The lowest BCUT2D eigenvalue weighted by atomic mass is 9.93. The molecular formula is C18H28N2O2. The van der Waals surface area contributed by atoms with Gasteiger partial charge in [-0.05, 0) is 50.7 Å². The number of carbonyl (C=O) groups is 1. The van der Waals surface area contributed by atoms with Crippen molar-refractivity contribution in [2.45, 2.75) is 57.1 Å². The summed E-state index contributed by atoms with van der Waals surface area (Å²) in [4.78, 5) is 14.1. The quantitative estimate of drug-likeness (QED) is 0.762. The Morgan fingerprint density at radius 2 is 1.86 bits per heavy atom. The molecule has 2 rings (SSSR count). The fourth-order valence-electron chi connectivity index (χ4n) is 2.97. The molecule has 122 valence electrons. The van der Waals surface area contributed by atoms with Gasteiger partial charge in [0.05, 0.1) is 6.10 Å². The van der Waals surface area contributed by atoms with Crippen molar-refractivity contribution in [2.75, 3.05) is 18.5 Å². The third kappa shape index (κ3) is 5.68. The standard InChI is InChI=1S/C18H28N2O2/c1-20(16-7-3-2-4-8-16)14-6-5-9-18(22)19-15-10-12-17(21)13-11-15/h2-4,7-8,15,17,21H,5-6,9-14H2,1H3,(H,19,22). The summed E-state index contributed by atoms with van der Waals surface area (Å²) in [6.07, 6.45) is 5.80. The van der Waals surface area contributed by atoms with E-state index in [1.54, 1.807) is 0 Å². The average Bonchev–Trinajstić information content (AvgIpc) is 2.54. The Bertz CT molecular complexity index is 442. The Kier molecular flexibility index (Phi) is 6.72. The van der Waals surface area contributed by atoms with Gasteiger partial charge in [0.25, 0.3) is 0 Å². The molecule has 0 heterocycles. The van der Waals surface area contributed by atoms with Gasteiger partial charge in [0.2, 0.25) is 5.91 Å². The van der Waals surface area contributed by atoms with Crippen molar-refractivity contribution in [3.8, 4) is 0 Å². The minimum Gasteiger partial charge on any atom is -0.393 e. The number of nitrogens with zero attached hydrogens (tertiary/aromatic N) is 1. The Balaban J connectivity index is 1.57. The molecule has 1 aromatic rings. The first-order valence-corrected chi connectivity index (χ1v) is 8.39. The lowest BCUT2D eigenvalue weighted by molar-refractivity contribution is -0.122. The predicted octanol–water partition coefficient (Wildman–Crippen LogP) is 2.71. The van der Waals surface area contributed by atoms with Gasteiger partial charge in [-0.15, -0.1) is 0 Å². The molecular weight excluding hydrogens is 276 g/mol. The summed E-state index contributed by atoms with van der Waals surface area (Å²) in [5, 5.41) is 12.6. The maximum atomic E-state index is 11.9. The fraction of sp³-hybridized carbons (Fsp3) is 0.611. The van der Waals surface area contributed by atoms with Crippen molar-refractivity contribution in [1.29, 1.82) is 0 Å². The first kappa shape index (κ1) is 16.8. The van der Waals surface area contributed by atoms with Crippen LogP contribution in [-0.2, 0) is 4.79 Å². The molecule has 0 spiro atoms. The second kappa shape index (κ2) is 8.79. The Morgan fingerprint density at radius 1 is 1.18 bits per heavy atom. The highest BCUT2D eigenvalue weighted by Crippen LogP contribution is 2.18. The number of anilines is 1. The van der Waals surface area contributed by atoms with E-state index in [1.807, 2.05) is 18.2 Å². The van der Waals surface area contributed by atoms with Gasteiger partial charge >= 0.3 is 0 Å². The van der Waals surface area contributed by atoms with Crippen molar-refractivity contribution < 1.29 is 9.90 Å². The number of amides is 1. The second-order valence-electron chi connectivity index (χ2n) is 6.29. The van der Waals surface area contributed by atoms with Crippen molar-refractivity contribution in [2.24, 2.45) is 0 Å². The van der Waals surface area contributed by atoms with Gasteiger partial charge in [-0.3, -0.25) is 4.79 Å². The predicted molar refractivity (Wildman–Crippen MR) is 90.0 cm³/mol. The van der Waals surface area contributed by atoms with E-state index < -0.39 is 0 Å². The number of benzene rings is 1. The molecule has 0 bridgehead atoms. The monoisotopic (exact) mass is 304 g/mol. The zero-order chi connectivity index (χ0) is 15.8. The summed E-state index contributed by atoms with van der Waals surface area (Å²) in [5.41, 5.74) is 1.22. The van der Waals surface area contributed by atoms with E-state index in [2.05, 4.69) is 29.4 Å². The summed E-state index contributed by atoms with van der Waals surface area (Å²) in [5.74, 6) is 0.156. The first-order chi connectivity index (χ1) is 10.6. The summed E-state index contributed by atoms with van der Waals surface area (Å²) >= 11 is 0. The van der Waals surface area contributed by atoms with Crippen LogP contribution in [-0.4, -0.2) is 36.8 Å². The van der Waals surface area contributed by atoms with E-state index in [1.165, 1.54) is 5.69 Å². The van der Waals surface area contributed by atoms with Gasteiger partial charge in [0, 0.05) is 31.7 Å². The largest absolute Gasteiger partial charge is 0.393 e. The van der Waals surface area contributed by atoms with Crippen molar-refractivity contribution >= 4 is 11.6 Å². The van der Waals surface area contributed by atoms with Crippen molar-refractivity contribution in [1.82, 2.24) is 5.32 Å². The molecule has 1 fully saturated rings. The zero-order valence-electron chi connectivity index (χ0n) is 13.5. The van der Waals surface area contributed by atoms with Gasteiger partial charge in [-0.1, -0.05) is 18.2 Å². The molecule has 0 aromatic heterocycles. The van der Waals surface area contributed by atoms with E-state index in [9.17, 15) is 9.90 Å². The first-order valence-electron chi connectivity index (χ1n) is 8.39. The topological polar surface area (TPSA) is 52.6 Å². The normalized spacial score (nSPS) is 21.4. The fourth-order valence-corrected chi connectivity index (χ4v) is 2.97. The van der Waals surface area contributed by atoms with E-state index in [0.717, 1.165) is 45.1 Å². The molecule has 1 saturated carbocycles. The summed E-state index contributed by atoms with van der Waals surface area (Å²) in [6.45, 7) is 0.965. The molecule has 1 aromatic carbocycles. The van der Waals surface area contributed by atoms with Crippen LogP contribution in [0.1, 0.15) is 44.9 Å². The van der Waals surface area contributed by atoms with Gasteiger partial charge in [-0.2, -0.15) is 0 Å². The van der Waals surface area contributed by atoms with Gasteiger partial charge < -0.3 is 15.3 Å². The van der Waals surface area contributed by atoms with Crippen LogP contribution >= 0.6 is 0 Å². The van der Waals surface area contributed by atoms with Crippen LogP contribution in [0.3, 0.4) is 0 Å². The highest BCUT2D eigenvalue weighted by Gasteiger charge is 2.20. The summed E-state index contributed by atoms with van der Waals surface area (Å²) < 4.78 is 0. The van der Waals surface area contributed by atoms with Gasteiger partial charge in [-0.25, -0.2) is 0 Å². The Morgan fingerprint density at radius 3 is 2.55 bits per heavy atom. The number of aliphatic hydroxyl groups is 1. The third-order valence-corrected chi connectivity index (χ3v) is 4.41. The maximum absolute atomic E-state index is 11.9. The number of hydrogen-bond acceptors (Lipinski definition) is 3. The molecule has 0 radical (unpaired) electrons. The number of para-hydroxylation sites is 1. The highest BCUT2D eigenvalue weighted by atomic mass is 16.3. The van der Waals surface area contributed by atoms with Gasteiger partial charge in [0.1, 0.15) is 0 Å². The average molecular weight is 304 g/mol. The smallest absolute Gasteiger partial charge is 0.220 e. The van der Waals surface area contributed by atoms with Crippen LogP contribution in [0.15, 0.2) is 30.3 Å². The molecule has 0 aliphatic heterocycles. The third-order valence-electron chi connectivity index (χ3n) is 4.41. The summed E-state index contributed by atoms with van der Waals surface area (Å²) in [7, 11) is 2.09. The van der Waals surface area contributed by atoms with Crippen molar-refractivity contribution in [3.05, 3.63) is 30.3 Å². The van der Waals surface area contributed by atoms with Crippen LogP contribution in [0.4, 0.5) is 5.69 Å². The molecule has 0 saturated heterocycles. The molecule has 1 amide bonds. The lowest BCUT2D eigenvalue weighted by Gasteiger charge is -2.26. The molecule has 4 nitrogen and oxygen atoms in total. The van der Waals surface area contributed by atoms with Crippen molar-refractivity contribution in [3.63, 3.8) is 0 Å². The van der Waals surface area contributed by atoms with E-state index in [4.69, 9.17) is 0 Å². The van der Waals surface area contributed by atoms with E-state index in [0.29, 0.717) is 6.42 Å². The summed E-state index contributed by atoms with van der Waals surface area (Å²) in [6, 6.07) is 10.6. The molecule has 2 N–H and O–H groups in total. The second-order valence-corrected chi connectivity index (χ2v) is 6.29. The number of rotatable bonds is 7. The van der Waals surface area contributed by atoms with Crippen LogP contribution in [0, 0.1) is 0 Å². The maximum Gasteiger partial charge on any atom is 0.220 e. The zero-order valence-corrected chi connectivity index (χ0v) is 13.5. The van der Waals surface area contributed by atoms with Crippen LogP contribution < -0.4 is 10.2 Å². The van der Waals surface area contributed by atoms with Crippen LogP contribution in [0.25, 0.3) is 0 Å². The lowest BCUT2D eigenvalue weighted by Crippen LogP contribution is -2.38. The molecule has 0 unspecified atom stereocenters. The van der Waals surface area contributed by atoms with E-state index >= 15 is 0 Å². The van der Waals surface area contributed by atoms with Gasteiger partial charge in [0.15, 0.2) is 0 Å². The van der Waals surface area contributed by atoms with Crippen LogP contribution in [0.2, 0.25) is 0 Å². The molecule has 1 aliphatic carbocycles. The number of carbonyl (C=O) groups excluding carboxylic acids is 1. The highest BCUT2D eigenvalue weighted by molar-refractivity contribution is 5.76. The number of hydrogen-bond donors (Lipinski definition) is 2. The number of unbranched alkanes of at least 4 members (excludes halogenated alkanes) is 1. The number of nitrogens with one attached hydrogen (secondary N) is 1. The molecule has 22 heavy (non-hydrogen) atoms. The Labute approximate surface area is 133 Å². The SMILES string of the molecule is CN(CCCCC(=O)NC1CCC(O)CC1)c1ccccc1. The Hall–Kier alpha value is -1.55. The number of aliphatic hydroxyl groups excluding tert-OH is 1.